The molecule has 0 saturated heterocycles. The molecule has 3 heteroatoms. The van der Waals surface area contributed by atoms with E-state index in [1.165, 1.54) is 3.57 Å². The second-order valence-corrected chi connectivity index (χ2v) is 3.61. The maximum Gasteiger partial charge on any atom is 0.0427 e. The van der Waals surface area contributed by atoms with Crippen LogP contribution in [0.4, 0.5) is 5.69 Å². The van der Waals surface area contributed by atoms with E-state index in [4.69, 9.17) is 0 Å². The minimum absolute atomic E-state index is 1.11. The van der Waals surface area contributed by atoms with Crippen LogP contribution in [0.2, 0.25) is 0 Å². The van der Waals surface area contributed by atoms with Gasteiger partial charge >= 0.3 is 0 Å². The minimum atomic E-state index is 1.11. The maximum atomic E-state index is 3.99. The molecule has 1 N–H and O–H groups in total. The molecule has 0 atom stereocenters. The number of nitrogens with one attached hydrogen (secondary N) is 1. The molecule has 0 aliphatic rings. The molecule has 0 heterocycles. The second kappa shape index (κ2) is 4.45. The van der Waals surface area contributed by atoms with E-state index in [0.717, 1.165) is 11.3 Å². The quantitative estimate of drug-likeness (QED) is 0.650. The summed E-state index contributed by atoms with van der Waals surface area (Å²) in [5.41, 5.74) is 2.24. The second-order valence-electron chi connectivity index (χ2n) is 2.37. The van der Waals surface area contributed by atoms with Crippen molar-refractivity contribution in [2.24, 2.45) is 4.99 Å². The smallest absolute Gasteiger partial charge is 0.0427 e. The molecule has 0 aliphatic carbocycles. The van der Waals surface area contributed by atoms with Crippen molar-refractivity contribution >= 4 is 34.5 Å². The fraction of sp³-hybridized carbons (Fsp3) is 0.222. The molecule has 12 heavy (non-hydrogen) atoms. The highest BCUT2D eigenvalue weighted by Crippen LogP contribution is 2.16. The Morgan fingerprint density at radius 3 is 2.83 bits per heavy atom. The van der Waals surface area contributed by atoms with Crippen LogP contribution in [-0.2, 0) is 0 Å². The average Bonchev–Trinajstić information content (AvgIpc) is 2.05. The number of anilines is 1. The van der Waals surface area contributed by atoms with Crippen molar-refractivity contribution in [3.63, 3.8) is 0 Å². The first-order chi connectivity index (χ1) is 5.77. The van der Waals surface area contributed by atoms with Crippen molar-refractivity contribution in [1.29, 1.82) is 0 Å². The molecule has 1 aromatic carbocycles. The van der Waals surface area contributed by atoms with Crippen molar-refractivity contribution in [3.8, 4) is 0 Å². The lowest BCUT2D eigenvalue weighted by molar-refractivity contribution is 1.44. The van der Waals surface area contributed by atoms with E-state index in [-0.39, 0.29) is 0 Å². The van der Waals surface area contributed by atoms with Gasteiger partial charge < -0.3 is 5.32 Å². The van der Waals surface area contributed by atoms with Crippen molar-refractivity contribution in [2.45, 2.75) is 0 Å². The monoisotopic (exact) mass is 274 g/mol. The Labute approximate surface area is 86.2 Å². The largest absolute Gasteiger partial charge is 0.388 e. The van der Waals surface area contributed by atoms with Crippen LogP contribution in [0.5, 0.6) is 0 Å². The molecule has 64 valence electrons. The zero-order valence-corrected chi connectivity index (χ0v) is 9.29. The number of rotatable bonds is 2. The van der Waals surface area contributed by atoms with Crippen LogP contribution in [0.3, 0.4) is 0 Å². The lowest BCUT2D eigenvalue weighted by atomic mass is 10.2. The summed E-state index contributed by atoms with van der Waals surface area (Å²) in [5, 5.41) is 3.11. The third-order valence-electron chi connectivity index (χ3n) is 1.55. The van der Waals surface area contributed by atoms with Crippen LogP contribution in [0.25, 0.3) is 0 Å². The van der Waals surface area contributed by atoms with Gasteiger partial charge in [-0.15, -0.1) is 0 Å². The Morgan fingerprint density at radius 1 is 1.50 bits per heavy atom. The first kappa shape index (κ1) is 9.51. The van der Waals surface area contributed by atoms with Crippen molar-refractivity contribution in [1.82, 2.24) is 0 Å². The van der Waals surface area contributed by atoms with Gasteiger partial charge in [-0.2, -0.15) is 0 Å². The SMILES string of the molecule is C/N=C\c1cc(I)ccc1NC. The first-order valence-corrected chi connectivity index (χ1v) is 4.75. The van der Waals surface area contributed by atoms with Crippen LogP contribution >= 0.6 is 22.6 Å². The molecular formula is C9H11IN2. The number of aliphatic imine (C=N–C) groups is 1. The van der Waals surface area contributed by atoms with E-state index in [9.17, 15) is 0 Å². The van der Waals surface area contributed by atoms with Gasteiger partial charge in [0.05, 0.1) is 0 Å². The van der Waals surface area contributed by atoms with Crippen molar-refractivity contribution in [3.05, 3.63) is 27.3 Å². The Hall–Kier alpha value is -0.580. The summed E-state index contributed by atoms with van der Waals surface area (Å²) in [6.45, 7) is 0. The highest BCUT2D eigenvalue weighted by Gasteiger charge is 1.97. The Balaban J connectivity index is 3.12. The van der Waals surface area contributed by atoms with Gasteiger partial charge in [-0.05, 0) is 40.8 Å². The summed E-state index contributed by atoms with van der Waals surface area (Å²) in [7, 11) is 3.69. The molecule has 0 amide bonds. The van der Waals surface area contributed by atoms with E-state index in [1.54, 1.807) is 7.05 Å². The lowest BCUT2D eigenvalue weighted by Gasteiger charge is -2.04. The van der Waals surface area contributed by atoms with Gasteiger partial charge in [-0.1, -0.05) is 0 Å². The van der Waals surface area contributed by atoms with E-state index in [0.29, 0.717) is 0 Å². The number of nitrogens with zero attached hydrogens (tertiary/aromatic N) is 1. The van der Waals surface area contributed by atoms with Gasteiger partial charge in [0.25, 0.3) is 0 Å². The zero-order chi connectivity index (χ0) is 8.97. The zero-order valence-electron chi connectivity index (χ0n) is 7.13. The van der Waals surface area contributed by atoms with Crippen LogP contribution in [-0.4, -0.2) is 20.3 Å². The van der Waals surface area contributed by atoms with Crippen LogP contribution in [0, 0.1) is 3.57 Å². The number of halogens is 1. The summed E-state index contributed by atoms with van der Waals surface area (Å²) in [6.07, 6.45) is 1.86. The summed E-state index contributed by atoms with van der Waals surface area (Å²) >= 11 is 2.29. The highest BCUT2D eigenvalue weighted by molar-refractivity contribution is 14.1. The van der Waals surface area contributed by atoms with Gasteiger partial charge in [-0.3, -0.25) is 4.99 Å². The van der Waals surface area contributed by atoms with Crippen molar-refractivity contribution in [2.75, 3.05) is 19.4 Å². The molecule has 0 radical (unpaired) electrons. The highest BCUT2D eigenvalue weighted by atomic mass is 127. The van der Waals surface area contributed by atoms with Gasteiger partial charge in [0.2, 0.25) is 0 Å². The summed E-state index contributed by atoms with van der Waals surface area (Å²) in [5.74, 6) is 0. The Bertz CT molecular complexity index is 295. The van der Waals surface area contributed by atoms with Crippen LogP contribution in [0.15, 0.2) is 23.2 Å². The predicted octanol–water partition coefficient (Wildman–Crippen LogP) is 2.38. The fourth-order valence-corrected chi connectivity index (χ4v) is 1.52. The third kappa shape index (κ3) is 2.20. The number of benzene rings is 1. The van der Waals surface area contributed by atoms with E-state index in [2.05, 4.69) is 51.1 Å². The topological polar surface area (TPSA) is 24.4 Å². The van der Waals surface area contributed by atoms with Crippen molar-refractivity contribution < 1.29 is 0 Å². The molecule has 0 unspecified atom stereocenters. The summed E-state index contributed by atoms with van der Waals surface area (Å²) in [4.78, 5) is 3.99. The minimum Gasteiger partial charge on any atom is -0.388 e. The molecule has 0 fully saturated rings. The molecular weight excluding hydrogens is 263 g/mol. The number of hydrogen-bond donors (Lipinski definition) is 1. The van der Waals surface area contributed by atoms with E-state index >= 15 is 0 Å². The average molecular weight is 274 g/mol. The molecule has 1 rings (SSSR count). The van der Waals surface area contributed by atoms with Gasteiger partial charge in [0.15, 0.2) is 0 Å². The molecule has 2 nitrogen and oxygen atoms in total. The molecule has 1 aromatic rings. The molecule has 0 spiro atoms. The molecule has 0 saturated carbocycles. The number of hydrogen-bond acceptors (Lipinski definition) is 2. The first-order valence-electron chi connectivity index (χ1n) is 3.67. The third-order valence-corrected chi connectivity index (χ3v) is 2.22. The molecule has 0 aliphatic heterocycles. The summed E-state index contributed by atoms with van der Waals surface area (Å²) in [6, 6.07) is 6.22. The van der Waals surface area contributed by atoms with Crippen LogP contribution in [0.1, 0.15) is 5.56 Å². The van der Waals surface area contributed by atoms with Gasteiger partial charge in [0.1, 0.15) is 0 Å². The van der Waals surface area contributed by atoms with Gasteiger partial charge in [0, 0.05) is 35.1 Å². The maximum absolute atomic E-state index is 3.99. The molecule has 0 bridgehead atoms. The Morgan fingerprint density at radius 2 is 2.25 bits per heavy atom. The molecule has 0 aromatic heterocycles. The fourth-order valence-electron chi connectivity index (χ4n) is 1.01. The summed E-state index contributed by atoms with van der Waals surface area (Å²) < 4.78 is 1.22. The predicted molar refractivity (Wildman–Crippen MR) is 62.2 cm³/mol. The normalized spacial score (nSPS) is 10.6. The van der Waals surface area contributed by atoms with Gasteiger partial charge in [-0.25, -0.2) is 0 Å². The Kier molecular flexibility index (Phi) is 3.52. The lowest BCUT2D eigenvalue weighted by Crippen LogP contribution is -1.94. The van der Waals surface area contributed by atoms with Crippen LogP contribution < -0.4 is 5.32 Å². The van der Waals surface area contributed by atoms with E-state index < -0.39 is 0 Å². The standard InChI is InChI=1S/C9H11IN2/c1-11-6-7-5-8(10)3-4-9(7)12-2/h3-6,12H,1-2H3/b11-6-. The van der Waals surface area contributed by atoms with E-state index in [1.807, 2.05) is 13.3 Å².